The zero-order valence-corrected chi connectivity index (χ0v) is 10.0. The Kier molecular flexibility index (Phi) is 4.78. The SMILES string of the molecule is Cc1c(Cl)ncnc1NCCOC(C)C. The lowest BCUT2D eigenvalue weighted by molar-refractivity contribution is 0.0870. The molecule has 0 bridgehead atoms. The molecule has 4 nitrogen and oxygen atoms in total. The molecule has 0 aliphatic heterocycles. The largest absolute Gasteiger partial charge is 0.377 e. The first-order valence-corrected chi connectivity index (χ1v) is 5.31. The number of rotatable bonds is 5. The molecule has 5 heteroatoms. The summed E-state index contributed by atoms with van der Waals surface area (Å²) >= 11 is 5.85. The molecule has 0 aliphatic rings. The van der Waals surface area contributed by atoms with E-state index in [-0.39, 0.29) is 6.10 Å². The molecule has 0 saturated heterocycles. The van der Waals surface area contributed by atoms with Crippen molar-refractivity contribution in [2.75, 3.05) is 18.5 Å². The first-order chi connectivity index (χ1) is 7.11. The van der Waals surface area contributed by atoms with E-state index in [0.29, 0.717) is 18.3 Å². The van der Waals surface area contributed by atoms with Gasteiger partial charge < -0.3 is 10.1 Å². The van der Waals surface area contributed by atoms with Gasteiger partial charge in [0.05, 0.1) is 12.7 Å². The third kappa shape index (κ3) is 4.01. The normalized spacial score (nSPS) is 10.7. The predicted octanol–water partition coefficient (Wildman–Crippen LogP) is 2.28. The van der Waals surface area contributed by atoms with Gasteiger partial charge in [-0.05, 0) is 20.8 Å². The number of hydrogen-bond donors (Lipinski definition) is 1. The second-order valence-corrected chi connectivity index (χ2v) is 3.84. The van der Waals surface area contributed by atoms with Crippen molar-refractivity contribution in [1.82, 2.24) is 9.97 Å². The van der Waals surface area contributed by atoms with Gasteiger partial charge in [-0.15, -0.1) is 0 Å². The molecule has 84 valence electrons. The molecule has 0 amide bonds. The third-order valence-corrected chi connectivity index (χ3v) is 2.25. The summed E-state index contributed by atoms with van der Waals surface area (Å²) in [6.07, 6.45) is 1.70. The molecular formula is C10H16ClN3O. The topological polar surface area (TPSA) is 47.0 Å². The van der Waals surface area contributed by atoms with Gasteiger partial charge in [-0.1, -0.05) is 11.6 Å². The summed E-state index contributed by atoms with van der Waals surface area (Å²) in [6, 6.07) is 0. The molecule has 0 fully saturated rings. The lowest BCUT2D eigenvalue weighted by Crippen LogP contribution is -2.14. The van der Waals surface area contributed by atoms with E-state index >= 15 is 0 Å². The number of nitrogens with one attached hydrogen (secondary N) is 1. The minimum Gasteiger partial charge on any atom is -0.377 e. The Morgan fingerprint density at radius 3 is 2.87 bits per heavy atom. The van der Waals surface area contributed by atoms with Crippen molar-refractivity contribution in [3.05, 3.63) is 17.0 Å². The molecule has 1 heterocycles. The lowest BCUT2D eigenvalue weighted by atomic mass is 10.3. The van der Waals surface area contributed by atoms with Crippen molar-refractivity contribution in [3.63, 3.8) is 0 Å². The van der Waals surface area contributed by atoms with Crippen molar-refractivity contribution in [2.45, 2.75) is 26.9 Å². The fraction of sp³-hybridized carbons (Fsp3) is 0.600. The number of ether oxygens (including phenoxy) is 1. The van der Waals surface area contributed by atoms with Crippen molar-refractivity contribution < 1.29 is 4.74 Å². The third-order valence-electron chi connectivity index (χ3n) is 1.87. The van der Waals surface area contributed by atoms with Gasteiger partial charge in [0, 0.05) is 12.1 Å². The maximum Gasteiger partial charge on any atom is 0.137 e. The number of hydrogen-bond acceptors (Lipinski definition) is 4. The van der Waals surface area contributed by atoms with Gasteiger partial charge >= 0.3 is 0 Å². The van der Waals surface area contributed by atoms with E-state index in [1.165, 1.54) is 6.33 Å². The number of halogens is 1. The molecule has 15 heavy (non-hydrogen) atoms. The van der Waals surface area contributed by atoms with Gasteiger partial charge in [-0.3, -0.25) is 0 Å². The molecule has 0 aliphatic carbocycles. The van der Waals surface area contributed by atoms with E-state index in [4.69, 9.17) is 16.3 Å². The van der Waals surface area contributed by atoms with Gasteiger partial charge in [-0.2, -0.15) is 0 Å². The van der Waals surface area contributed by atoms with E-state index in [0.717, 1.165) is 11.4 Å². The van der Waals surface area contributed by atoms with E-state index in [1.54, 1.807) is 0 Å². The minimum atomic E-state index is 0.252. The number of nitrogens with zero attached hydrogens (tertiary/aromatic N) is 2. The summed E-state index contributed by atoms with van der Waals surface area (Å²) in [5.41, 5.74) is 0.865. The number of aromatic nitrogens is 2. The van der Waals surface area contributed by atoms with Crippen molar-refractivity contribution >= 4 is 17.4 Å². The molecule has 0 atom stereocenters. The highest BCUT2D eigenvalue weighted by Crippen LogP contribution is 2.17. The summed E-state index contributed by atoms with van der Waals surface area (Å²) in [7, 11) is 0. The van der Waals surface area contributed by atoms with E-state index < -0.39 is 0 Å². The van der Waals surface area contributed by atoms with Crippen LogP contribution in [0.4, 0.5) is 5.82 Å². The van der Waals surface area contributed by atoms with Crippen LogP contribution in [0.2, 0.25) is 5.15 Å². The standard InChI is InChI=1S/C10H16ClN3O/c1-7(2)15-5-4-12-10-8(3)9(11)13-6-14-10/h6-7H,4-5H2,1-3H3,(H,12,13,14). The summed E-state index contributed by atoms with van der Waals surface area (Å²) < 4.78 is 5.39. The Morgan fingerprint density at radius 2 is 2.20 bits per heavy atom. The molecule has 1 N–H and O–H groups in total. The summed E-state index contributed by atoms with van der Waals surface area (Å²) in [5, 5.41) is 3.63. The van der Waals surface area contributed by atoms with Gasteiger partial charge in [0.25, 0.3) is 0 Å². The molecule has 1 aromatic rings. The van der Waals surface area contributed by atoms with Crippen LogP contribution in [0.25, 0.3) is 0 Å². The summed E-state index contributed by atoms with van der Waals surface area (Å²) in [4.78, 5) is 7.97. The predicted molar refractivity (Wildman–Crippen MR) is 61.4 cm³/mol. The van der Waals surface area contributed by atoms with E-state index in [9.17, 15) is 0 Å². The maximum absolute atomic E-state index is 5.85. The van der Waals surface area contributed by atoms with E-state index in [1.807, 2.05) is 20.8 Å². The molecular weight excluding hydrogens is 214 g/mol. The van der Waals surface area contributed by atoms with Crippen molar-refractivity contribution in [2.24, 2.45) is 0 Å². The molecule has 0 saturated carbocycles. The smallest absolute Gasteiger partial charge is 0.137 e. The zero-order chi connectivity index (χ0) is 11.3. The van der Waals surface area contributed by atoms with Crippen molar-refractivity contribution in [1.29, 1.82) is 0 Å². The second kappa shape index (κ2) is 5.88. The molecule has 0 aromatic carbocycles. The molecule has 0 radical (unpaired) electrons. The molecule has 0 unspecified atom stereocenters. The van der Waals surface area contributed by atoms with E-state index in [2.05, 4.69) is 15.3 Å². The maximum atomic E-state index is 5.85. The highest BCUT2D eigenvalue weighted by Gasteiger charge is 2.03. The quantitative estimate of drug-likeness (QED) is 0.622. The zero-order valence-electron chi connectivity index (χ0n) is 9.25. The molecule has 0 spiro atoms. The lowest BCUT2D eigenvalue weighted by Gasteiger charge is -2.10. The Morgan fingerprint density at radius 1 is 1.47 bits per heavy atom. The van der Waals surface area contributed by atoms with Crippen LogP contribution in [0.5, 0.6) is 0 Å². The van der Waals surface area contributed by atoms with Crippen LogP contribution in [0, 0.1) is 6.92 Å². The Bertz CT molecular complexity index is 318. The Hall–Kier alpha value is -0.870. The van der Waals surface area contributed by atoms with Crippen LogP contribution in [-0.4, -0.2) is 29.2 Å². The second-order valence-electron chi connectivity index (χ2n) is 3.48. The van der Waals surface area contributed by atoms with Gasteiger partial charge in [0.1, 0.15) is 17.3 Å². The Labute approximate surface area is 95.0 Å². The van der Waals surface area contributed by atoms with Gasteiger partial charge in [0.15, 0.2) is 0 Å². The van der Waals surface area contributed by atoms with Crippen molar-refractivity contribution in [3.8, 4) is 0 Å². The van der Waals surface area contributed by atoms with Crippen LogP contribution in [-0.2, 0) is 4.74 Å². The van der Waals surface area contributed by atoms with Crippen LogP contribution >= 0.6 is 11.6 Å². The summed E-state index contributed by atoms with van der Waals surface area (Å²) in [6.45, 7) is 7.26. The van der Waals surface area contributed by atoms with Crippen LogP contribution in [0.3, 0.4) is 0 Å². The van der Waals surface area contributed by atoms with Crippen LogP contribution < -0.4 is 5.32 Å². The average Bonchev–Trinajstić information content (AvgIpc) is 2.18. The highest BCUT2D eigenvalue weighted by atomic mass is 35.5. The fourth-order valence-electron chi connectivity index (χ4n) is 1.07. The Balaban J connectivity index is 2.41. The molecule has 1 rings (SSSR count). The monoisotopic (exact) mass is 229 g/mol. The number of anilines is 1. The average molecular weight is 230 g/mol. The minimum absolute atomic E-state index is 0.252. The van der Waals surface area contributed by atoms with Crippen LogP contribution in [0.1, 0.15) is 19.4 Å². The summed E-state index contributed by atoms with van der Waals surface area (Å²) in [5.74, 6) is 0.766. The fourth-order valence-corrected chi connectivity index (χ4v) is 1.20. The van der Waals surface area contributed by atoms with Gasteiger partial charge in [-0.25, -0.2) is 9.97 Å². The first-order valence-electron chi connectivity index (χ1n) is 4.94. The highest BCUT2D eigenvalue weighted by molar-refractivity contribution is 6.30. The first kappa shape index (κ1) is 12.2. The van der Waals surface area contributed by atoms with Gasteiger partial charge in [0.2, 0.25) is 0 Å². The van der Waals surface area contributed by atoms with Crippen LogP contribution in [0.15, 0.2) is 6.33 Å². The molecule has 1 aromatic heterocycles.